The molecule has 2 aromatic rings. The number of rotatable bonds is 4. The van der Waals surface area contributed by atoms with Crippen LogP contribution in [-0.2, 0) is 16.0 Å². The summed E-state index contributed by atoms with van der Waals surface area (Å²) >= 11 is 0. The van der Waals surface area contributed by atoms with Gasteiger partial charge in [-0.25, -0.2) is 4.98 Å². The number of nitrogens with zero attached hydrogens (tertiary/aromatic N) is 2. The highest BCUT2D eigenvalue weighted by Crippen LogP contribution is 2.30. The highest BCUT2D eigenvalue weighted by molar-refractivity contribution is 5.94. The van der Waals surface area contributed by atoms with Crippen LogP contribution in [0.4, 0.5) is 5.82 Å². The second-order valence-electron chi connectivity index (χ2n) is 7.48. The van der Waals surface area contributed by atoms with Crippen molar-refractivity contribution in [2.24, 2.45) is 0 Å². The van der Waals surface area contributed by atoms with Crippen LogP contribution < -0.4 is 10.1 Å². The lowest BCUT2D eigenvalue weighted by atomic mass is 10.0. The van der Waals surface area contributed by atoms with E-state index in [2.05, 4.69) is 22.4 Å². The molecular formula is C24H25N3O3. The van der Waals surface area contributed by atoms with E-state index >= 15 is 0 Å². The van der Waals surface area contributed by atoms with E-state index in [-0.39, 0.29) is 11.8 Å². The number of para-hydroxylation sites is 1. The number of aromatic nitrogens is 1. The van der Waals surface area contributed by atoms with Crippen molar-refractivity contribution in [3.8, 4) is 5.75 Å². The quantitative estimate of drug-likeness (QED) is 0.791. The summed E-state index contributed by atoms with van der Waals surface area (Å²) in [7, 11) is 1.68. The second kappa shape index (κ2) is 8.95. The smallest absolute Gasteiger partial charge is 0.246 e. The highest BCUT2D eigenvalue weighted by Gasteiger charge is 2.17. The van der Waals surface area contributed by atoms with Gasteiger partial charge in [0, 0.05) is 37.3 Å². The van der Waals surface area contributed by atoms with Gasteiger partial charge in [-0.3, -0.25) is 9.59 Å². The van der Waals surface area contributed by atoms with Crippen molar-refractivity contribution in [1.29, 1.82) is 0 Å². The van der Waals surface area contributed by atoms with E-state index in [4.69, 9.17) is 4.74 Å². The molecule has 0 atom stereocenters. The minimum atomic E-state index is -0.0152. The Morgan fingerprint density at radius 1 is 1.23 bits per heavy atom. The number of amides is 2. The molecule has 0 saturated heterocycles. The molecule has 4 rings (SSSR count). The van der Waals surface area contributed by atoms with Crippen molar-refractivity contribution in [2.75, 3.05) is 25.5 Å². The van der Waals surface area contributed by atoms with Crippen LogP contribution >= 0.6 is 0 Å². The molecule has 1 aromatic carbocycles. The molecule has 6 nitrogen and oxygen atoms in total. The van der Waals surface area contributed by atoms with Crippen LogP contribution in [0.5, 0.6) is 5.75 Å². The number of fused-ring (bicyclic) bond motifs is 1. The number of carbonyl (C=O) groups is 2. The van der Waals surface area contributed by atoms with Crippen molar-refractivity contribution >= 4 is 29.3 Å². The van der Waals surface area contributed by atoms with E-state index in [1.54, 1.807) is 25.5 Å². The van der Waals surface area contributed by atoms with Gasteiger partial charge in [-0.1, -0.05) is 24.3 Å². The molecule has 1 aromatic heterocycles. The Morgan fingerprint density at radius 2 is 2.10 bits per heavy atom. The third-order valence-electron chi connectivity index (χ3n) is 5.48. The van der Waals surface area contributed by atoms with Crippen LogP contribution in [-0.4, -0.2) is 41.9 Å². The standard InChI is InChI=1S/C24H25N3O3/c1-30-21-7-3-2-6-20(21)18-5-4-13-27(14-12-18)23(29)11-8-17-15-19-9-10-22(28)26-24(19)25-16-17/h2-3,6-8,11-12,15-16H,4-5,9-10,13-14H2,1H3,(H,25,26,28)/b11-8+. The van der Waals surface area contributed by atoms with E-state index in [9.17, 15) is 9.59 Å². The minimum absolute atomic E-state index is 0.00446. The number of aryl methyl sites for hydroxylation is 1. The summed E-state index contributed by atoms with van der Waals surface area (Å²) in [5.74, 6) is 1.46. The van der Waals surface area contributed by atoms with Crippen molar-refractivity contribution < 1.29 is 14.3 Å². The fourth-order valence-electron chi connectivity index (χ4n) is 3.87. The number of nitrogens with one attached hydrogen (secondary N) is 1. The van der Waals surface area contributed by atoms with Crippen LogP contribution in [0.2, 0.25) is 0 Å². The number of benzene rings is 1. The van der Waals surface area contributed by atoms with Gasteiger partial charge >= 0.3 is 0 Å². The maximum absolute atomic E-state index is 12.7. The predicted octanol–water partition coefficient (Wildman–Crippen LogP) is 3.69. The third-order valence-corrected chi connectivity index (χ3v) is 5.48. The fraction of sp³-hybridized carbons (Fsp3) is 0.292. The Kier molecular flexibility index (Phi) is 5.93. The second-order valence-corrected chi connectivity index (χ2v) is 7.48. The predicted molar refractivity (Wildman–Crippen MR) is 117 cm³/mol. The number of hydrogen-bond acceptors (Lipinski definition) is 4. The van der Waals surface area contributed by atoms with Gasteiger partial charge in [-0.05, 0) is 54.2 Å². The molecule has 0 aliphatic carbocycles. The van der Waals surface area contributed by atoms with Crippen molar-refractivity contribution in [2.45, 2.75) is 25.7 Å². The lowest BCUT2D eigenvalue weighted by Crippen LogP contribution is -2.29. The van der Waals surface area contributed by atoms with Crippen LogP contribution in [0.3, 0.4) is 0 Å². The third kappa shape index (κ3) is 4.43. The number of anilines is 1. The maximum atomic E-state index is 12.7. The number of ether oxygens (including phenoxy) is 1. The molecule has 2 aliphatic rings. The first-order chi connectivity index (χ1) is 14.6. The van der Waals surface area contributed by atoms with E-state index in [0.29, 0.717) is 31.7 Å². The van der Waals surface area contributed by atoms with E-state index in [0.717, 1.165) is 35.3 Å². The topological polar surface area (TPSA) is 71.5 Å². The number of allylic oxidation sites excluding steroid dienone is 1. The lowest BCUT2D eigenvalue weighted by molar-refractivity contribution is -0.125. The first-order valence-electron chi connectivity index (χ1n) is 10.2. The summed E-state index contributed by atoms with van der Waals surface area (Å²) in [6.45, 7) is 1.29. The normalized spacial score (nSPS) is 16.5. The van der Waals surface area contributed by atoms with Gasteiger partial charge in [0.15, 0.2) is 0 Å². The summed E-state index contributed by atoms with van der Waals surface area (Å²) in [5.41, 5.74) is 4.17. The zero-order valence-electron chi connectivity index (χ0n) is 17.1. The maximum Gasteiger partial charge on any atom is 0.246 e. The first kappa shape index (κ1) is 19.9. The Labute approximate surface area is 176 Å². The Hall–Kier alpha value is -3.41. The van der Waals surface area contributed by atoms with E-state index in [1.165, 1.54) is 5.57 Å². The molecule has 30 heavy (non-hydrogen) atoms. The summed E-state index contributed by atoms with van der Waals surface area (Å²) < 4.78 is 5.49. The minimum Gasteiger partial charge on any atom is -0.496 e. The van der Waals surface area contributed by atoms with Crippen molar-refractivity contribution in [3.05, 3.63) is 65.4 Å². The molecule has 0 saturated carbocycles. The van der Waals surface area contributed by atoms with Crippen LogP contribution in [0.1, 0.15) is 36.0 Å². The Balaban J connectivity index is 1.44. The molecule has 2 aliphatic heterocycles. The molecule has 154 valence electrons. The Morgan fingerprint density at radius 3 is 2.97 bits per heavy atom. The zero-order valence-corrected chi connectivity index (χ0v) is 17.1. The number of hydrogen-bond donors (Lipinski definition) is 1. The monoisotopic (exact) mass is 403 g/mol. The summed E-state index contributed by atoms with van der Waals surface area (Å²) in [4.78, 5) is 30.3. The molecular weight excluding hydrogens is 378 g/mol. The van der Waals surface area contributed by atoms with Gasteiger partial charge in [-0.15, -0.1) is 0 Å². The molecule has 6 heteroatoms. The van der Waals surface area contributed by atoms with Crippen molar-refractivity contribution in [1.82, 2.24) is 9.88 Å². The highest BCUT2D eigenvalue weighted by atomic mass is 16.5. The van der Waals surface area contributed by atoms with E-state index < -0.39 is 0 Å². The van der Waals surface area contributed by atoms with Gasteiger partial charge in [0.25, 0.3) is 0 Å². The van der Waals surface area contributed by atoms with Crippen LogP contribution in [0, 0.1) is 0 Å². The van der Waals surface area contributed by atoms with Gasteiger partial charge in [0.05, 0.1) is 7.11 Å². The average Bonchev–Trinajstić information content (AvgIpc) is 3.03. The fourth-order valence-corrected chi connectivity index (χ4v) is 3.87. The summed E-state index contributed by atoms with van der Waals surface area (Å²) in [5, 5.41) is 2.77. The molecule has 2 amide bonds. The molecule has 0 bridgehead atoms. The van der Waals surface area contributed by atoms with Gasteiger partial charge in [0.1, 0.15) is 11.6 Å². The van der Waals surface area contributed by atoms with Gasteiger partial charge in [-0.2, -0.15) is 0 Å². The lowest BCUT2D eigenvalue weighted by Gasteiger charge is -2.17. The zero-order chi connectivity index (χ0) is 20.9. The molecule has 0 radical (unpaired) electrons. The van der Waals surface area contributed by atoms with Crippen molar-refractivity contribution in [3.63, 3.8) is 0 Å². The number of methoxy groups -OCH3 is 1. The SMILES string of the molecule is COc1ccccc1C1=CCN(C(=O)/C=C/c2cnc3c(c2)CCC(=O)N3)CCC1. The van der Waals surface area contributed by atoms with Crippen LogP contribution in [0.25, 0.3) is 11.6 Å². The largest absolute Gasteiger partial charge is 0.496 e. The molecule has 1 N–H and O–H groups in total. The Bertz CT molecular complexity index is 1030. The number of pyridine rings is 1. The number of carbonyl (C=O) groups excluding carboxylic acids is 2. The average molecular weight is 403 g/mol. The van der Waals surface area contributed by atoms with Gasteiger partial charge < -0.3 is 15.0 Å². The van der Waals surface area contributed by atoms with Crippen LogP contribution in [0.15, 0.2) is 48.7 Å². The summed E-state index contributed by atoms with van der Waals surface area (Å²) in [6.07, 6.45) is 10.2. The first-order valence-corrected chi connectivity index (χ1v) is 10.2. The molecule has 0 fully saturated rings. The molecule has 0 unspecified atom stereocenters. The summed E-state index contributed by atoms with van der Waals surface area (Å²) in [6, 6.07) is 9.98. The molecule has 0 spiro atoms. The molecule has 3 heterocycles. The van der Waals surface area contributed by atoms with E-state index in [1.807, 2.05) is 29.2 Å². The van der Waals surface area contributed by atoms with Gasteiger partial charge in [0.2, 0.25) is 11.8 Å².